The molecular formula is C21H27N5OS. The predicted molar refractivity (Wildman–Crippen MR) is 114 cm³/mol. The molecule has 0 saturated heterocycles. The van der Waals surface area contributed by atoms with Gasteiger partial charge in [0, 0.05) is 30.9 Å². The summed E-state index contributed by atoms with van der Waals surface area (Å²) in [6.45, 7) is 8.37. The highest BCUT2D eigenvalue weighted by molar-refractivity contribution is 7.99. The fraction of sp³-hybridized carbons (Fsp3) is 0.476. The second kappa shape index (κ2) is 7.99. The zero-order valence-electron chi connectivity index (χ0n) is 16.7. The topological polar surface area (TPSA) is 63.1 Å². The molecule has 4 rings (SSSR count). The Balaban J connectivity index is 1.77. The van der Waals surface area contributed by atoms with Crippen molar-refractivity contribution in [2.75, 3.05) is 29.1 Å². The Hall–Kier alpha value is -2.28. The van der Waals surface area contributed by atoms with Crippen molar-refractivity contribution in [2.45, 2.75) is 44.8 Å². The highest BCUT2D eigenvalue weighted by Gasteiger charge is 2.41. The van der Waals surface area contributed by atoms with Crippen LogP contribution in [0.2, 0.25) is 0 Å². The molecule has 1 aromatic heterocycles. The van der Waals surface area contributed by atoms with E-state index in [0.717, 1.165) is 47.6 Å². The fourth-order valence-electron chi connectivity index (χ4n) is 4.15. The third kappa shape index (κ3) is 3.32. The number of nitrogens with one attached hydrogen (secondary N) is 1. The molecule has 2 atom stereocenters. The van der Waals surface area contributed by atoms with Crippen molar-refractivity contribution in [1.29, 1.82) is 0 Å². The third-order valence-electron chi connectivity index (χ3n) is 5.52. The van der Waals surface area contributed by atoms with Crippen LogP contribution in [-0.4, -0.2) is 39.4 Å². The first-order chi connectivity index (χ1) is 13.7. The number of hydrogen-bond donors (Lipinski definition) is 1. The number of aromatic nitrogens is 3. The summed E-state index contributed by atoms with van der Waals surface area (Å²) in [6, 6.07) is 8.43. The molecule has 1 aliphatic heterocycles. The van der Waals surface area contributed by atoms with Crippen LogP contribution in [0.4, 0.5) is 11.6 Å². The second-order valence-corrected chi connectivity index (χ2v) is 8.30. The summed E-state index contributed by atoms with van der Waals surface area (Å²) in [6.07, 6.45) is 3.52. The van der Waals surface area contributed by atoms with Crippen LogP contribution in [0, 0.1) is 5.92 Å². The number of hydrogen-bond acceptors (Lipinski definition) is 6. The number of carbonyl (C=O) groups excluding carboxylic acids is 1. The van der Waals surface area contributed by atoms with Crippen LogP contribution in [0.25, 0.3) is 0 Å². The Labute approximate surface area is 170 Å². The Kier molecular flexibility index (Phi) is 5.44. The lowest BCUT2D eigenvalue weighted by Crippen LogP contribution is -2.38. The number of nitrogens with zero attached hydrogens (tertiary/aromatic N) is 4. The van der Waals surface area contributed by atoms with Crippen LogP contribution in [0.1, 0.15) is 45.2 Å². The number of ketones is 1. The zero-order chi connectivity index (χ0) is 19.7. The molecule has 148 valence electrons. The zero-order valence-corrected chi connectivity index (χ0v) is 17.5. The summed E-state index contributed by atoms with van der Waals surface area (Å²) >= 11 is 1.62. The Morgan fingerprint density at radius 1 is 1.21 bits per heavy atom. The van der Waals surface area contributed by atoms with E-state index in [1.54, 1.807) is 11.8 Å². The highest BCUT2D eigenvalue weighted by Crippen LogP contribution is 2.42. The second-order valence-electron chi connectivity index (χ2n) is 7.07. The van der Waals surface area contributed by atoms with Crippen molar-refractivity contribution < 1.29 is 4.79 Å². The van der Waals surface area contributed by atoms with Crippen molar-refractivity contribution in [3.8, 4) is 0 Å². The van der Waals surface area contributed by atoms with Gasteiger partial charge in [0.1, 0.15) is 5.78 Å². The maximum atomic E-state index is 12.9. The Morgan fingerprint density at radius 3 is 2.64 bits per heavy atom. The summed E-state index contributed by atoms with van der Waals surface area (Å²) in [7, 11) is 0. The van der Waals surface area contributed by atoms with E-state index in [0.29, 0.717) is 6.42 Å². The molecule has 6 nitrogen and oxygen atoms in total. The number of Topliss-reactive ketones (excluding diaryl/α,β-unsaturated/α-hetero) is 1. The van der Waals surface area contributed by atoms with E-state index in [1.807, 2.05) is 4.68 Å². The smallest absolute Gasteiger partial charge is 0.227 e. The minimum absolute atomic E-state index is 0.153. The van der Waals surface area contributed by atoms with Crippen molar-refractivity contribution in [1.82, 2.24) is 14.8 Å². The first kappa shape index (κ1) is 19.1. The monoisotopic (exact) mass is 397 g/mol. The molecule has 0 radical (unpaired) electrons. The molecule has 1 aromatic carbocycles. The number of allylic oxidation sites excluding steroid dienone is 2. The van der Waals surface area contributed by atoms with Gasteiger partial charge < -0.3 is 10.2 Å². The molecule has 2 heterocycles. The third-order valence-corrected chi connectivity index (χ3v) is 6.24. The van der Waals surface area contributed by atoms with Crippen LogP contribution in [0.15, 0.2) is 41.2 Å². The molecule has 0 fully saturated rings. The van der Waals surface area contributed by atoms with Crippen LogP contribution >= 0.6 is 11.8 Å². The Bertz CT molecular complexity index is 885. The van der Waals surface area contributed by atoms with E-state index in [9.17, 15) is 4.79 Å². The van der Waals surface area contributed by atoms with Gasteiger partial charge in [-0.05, 0) is 43.7 Å². The van der Waals surface area contributed by atoms with Gasteiger partial charge in [-0.3, -0.25) is 4.79 Å². The van der Waals surface area contributed by atoms with Gasteiger partial charge in [-0.15, -0.1) is 5.10 Å². The summed E-state index contributed by atoms with van der Waals surface area (Å²) in [5, 5.41) is 8.84. The molecule has 7 heteroatoms. The number of thioether (sulfide) groups is 1. The molecule has 0 saturated carbocycles. The van der Waals surface area contributed by atoms with Gasteiger partial charge in [0.2, 0.25) is 11.1 Å². The van der Waals surface area contributed by atoms with Gasteiger partial charge in [0.05, 0.1) is 12.0 Å². The maximum absolute atomic E-state index is 12.9. The normalized spacial score (nSPS) is 20.8. The van der Waals surface area contributed by atoms with E-state index >= 15 is 0 Å². The standard InChI is InChI=1S/C21H27N5OS/c1-4-25(5-2)15-12-10-14(11-13-15)19-18-16(8-7-9-17(18)27)22-20-23-21(28-6-3)24-26(19)20/h8,10-13,18-19H,4-7,9H2,1-3H3,(H,22,23,24)/t18-,19-/m0/s1. The largest absolute Gasteiger partial charge is 0.372 e. The minimum Gasteiger partial charge on any atom is -0.372 e. The molecular weight excluding hydrogens is 370 g/mol. The van der Waals surface area contributed by atoms with Gasteiger partial charge in [-0.2, -0.15) is 4.98 Å². The maximum Gasteiger partial charge on any atom is 0.227 e. The average molecular weight is 398 g/mol. The van der Waals surface area contributed by atoms with E-state index in [4.69, 9.17) is 5.10 Å². The van der Waals surface area contributed by atoms with Crippen LogP contribution in [0.3, 0.4) is 0 Å². The van der Waals surface area contributed by atoms with E-state index in [2.05, 4.69) is 66.3 Å². The molecule has 1 N–H and O–H groups in total. The lowest BCUT2D eigenvalue weighted by Gasteiger charge is -2.36. The van der Waals surface area contributed by atoms with Crippen molar-refractivity contribution in [3.63, 3.8) is 0 Å². The van der Waals surface area contributed by atoms with Crippen LogP contribution in [0.5, 0.6) is 0 Å². The lowest BCUT2D eigenvalue weighted by molar-refractivity contribution is -0.123. The van der Waals surface area contributed by atoms with Gasteiger partial charge in [-0.1, -0.05) is 36.9 Å². The molecule has 0 unspecified atom stereocenters. The van der Waals surface area contributed by atoms with Gasteiger partial charge >= 0.3 is 0 Å². The SMILES string of the molecule is CCSc1nc2n(n1)[C@@H](c1ccc(N(CC)CC)cc1)[C@@H]1C(=O)CCC=C1N2. The van der Waals surface area contributed by atoms with E-state index in [-0.39, 0.29) is 17.7 Å². The number of benzene rings is 1. The van der Waals surface area contributed by atoms with Gasteiger partial charge in [-0.25, -0.2) is 4.68 Å². The predicted octanol–water partition coefficient (Wildman–Crippen LogP) is 4.11. The van der Waals surface area contributed by atoms with Crippen molar-refractivity contribution in [3.05, 3.63) is 41.6 Å². The highest BCUT2D eigenvalue weighted by atomic mass is 32.2. The van der Waals surface area contributed by atoms with Gasteiger partial charge in [0.25, 0.3) is 0 Å². The average Bonchev–Trinajstić information content (AvgIpc) is 3.10. The molecule has 0 bridgehead atoms. The minimum atomic E-state index is -0.221. The summed E-state index contributed by atoms with van der Waals surface area (Å²) in [5.74, 6) is 1.69. The van der Waals surface area contributed by atoms with Crippen molar-refractivity contribution in [2.24, 2.45) is 5.92 Å². The molecule has 2 aromatic rings. The molecule has 0 amide bonds. The molecule has 1 aliphatic carbocycles. The van der Waals surface area contributed by atoms with Gasteiger partial charge in [0.15, 0.2) is 0 Å². The quantitative estimate of drug-likeness (QED) is 0.740. The summed E-state index contributed by atoms with van der Waals surface area (Å²) < 4.78 is 1.91. The summed E-state index contributed by atoms with van der Waals surface area (Å²) in [4.78, 5) is 19.8. The van der Waals surface area contributed by atoms with E-state index < -0.39 is 0 Å². The van der Waals surface area contributed by atoms with Crippen LogP contribution < -0.4 is 10.2 Å². The number of anilines is 2. The molecule has 0 spiro atoms. The molecule has 2 aliphatic rings. The first-order valence-electron chi connectivity index (χ1n) is 10.1. The fourth-order valence-corrected chi connectivity index (χ4v) is 4.70. The van der Waals surface area contributed by atoms with Crippen LogP contribution in [-0.2, 0) is 4.79 Å². The van der Waals surface area contributed by atoms with Crippen molar-refractivity contribution >= 4 is 29.2 Å². The number of fused-ring (bicyclic) bond motifs is 2. The van der Waals surface area contributed by atoms with E-state index in [1.165, 1.54) is 5.69 Å². The Morgan fingerprint density at radius 2 is 1.96 bits per heavy atom. The number of carbonyl (C=O) groups is 1. The lowest BCUT2D eigenvalue weighted by atomic mass is 9.81. The summed E-state index contributed by atoms with van der Waals surface area (Å²) in [5.41, 5.74) is 3.28. The molecule has 28 heavy (non-hydrogen) atoms. The number of rotatable bonds is 6. The first-order valence-corrected chi connectivity index (χ1v) is 11.1.